The van der Waals surface area contributed by atoms with Crippen molar-refractivity contribution in [1.82, 2.24) is 9.78 Å². The minimum Gasteiger partial charge on any atom is -0.308 e. The molecule has 0 fully saturated rings. The highest BCUT2D eigenvalue weighted by Crippen LogP contribution is 2.26. The van der Waals surface area contributed by atoms with Crippen LogP contribution in [0.25, 0.3) is 0 Å². The van der Waals surface area contributed by atoms with E-state index in [0.29, 0.717) is 6.42 Å². The molecule has 1 aromatic rings. The number of rotatable bonds is 5. The number of nitrogens with one attached hydrogen (secondary N) is 1. The molecule has 1 heterocycles. The number of carbonyl (C=O) groups is 1. The highest BCUT2D eigenvalue weighted by atomic mass is 32.2. The van der Waals surface area contributed by atoms with Crippen molar-refractivity contribution in [3.05, 3.63) is 6.20 Å². The zero-order valence-corrected chi connectivity index (χ0v) is 14.0. The van der Waals surface area contributed by atoms with Crippen molar-refractivity contribution in [3.63, 3.8) is 0 Å². The first-order valence-corrected chi connectivity index (χ1v) is 8.29. The van der Waals surface area contributed by atoms with Crippen molar-refractivity contribution >= 4 is 21.7 Å². The number of hydrogen-bond donors (Lipinski definition) is 2. The van der Waals surface area contributed by atoms with Crippen molar-refractivity contribution in [1.29, 1.82) is 0 Å². The first-order valence-electron chi connectivity index (χ1n) is 6.75. The van der Waals surface area contributed by atoms with E-state index in [0.717, 1.165) is 6.42 Å². The summed E-state index contributed by atoms with van der Waals surface area (Å²) < 4.78 is 24.2. The van der Waals surface area contributed by atoms with E-state index < -0.39 is 10.0 Å². The lowest BCUT2D eigenvalue weighted by molar-refractivity contribution is -0.117. The normalized spacial score (nSPS) is 14.0. The number of nitrogens with zero attached hydrogens (tertiary/aromatic N) is 2. The van der Waals surface area contributed by atoms with Crippen LogP contribution < -0.4 is 10.5 Å². The van der Waals surface area contributed by atoms with Gasteiger partial charge in [-0.25, -0.2) is 13.6 Å². The van der Waals surface area contributed by atoms with Crippen LogP contribution in [-0.2, 0) is 21.9 Å². The number of aromatic nitrogens is 2. The van der Waals surface area contributed by atoms with Gasteiger partial charge in [-0.2, -0.15) is 5.10 Å². The van der Waals surface area contributed by atoms with Crippen molar-refractivity contribution in [2.45, 2.75) is 45.4 Å². The van der Waals surface area contributed by atoms with Crippen LogP contribution >= 0.6 is 0 Å². The number of hydrogen-bond acceptors (Lipinski definition) is 4. The van der Waals surface area contributed by atoms with Crippen LogP contribution in [0.1, 0.15) is 40.5 Å². The Kier molecular flexibility index (Phi) is 5.16. The molecule has 8 heteroatoms. The third-order valence-corrected chi connectivity index (χ3v) is 3.77. The maximum atomic E-state index is 12.0. The first-order chi connectivity index (χ1) is 9.38. The summed E-state index contributed by atoms with van der Waals surface area (Å²) >= 11 is 0. The summed E-state index contributed by atoms with van der Waals surface area (Å²) in [6, 6.07) is 0. The fraction of sp³-hybridized carbons (Fsp3) is 0.692. The highest BCUT2D eigenvalue weighted by Gasteiger charge is 2.22. The molecule has 120 valence electrons. The molecule has 0 saturated heterocycles. The molecule has 0 aliphatic heterocycles. The Hall–Kier alpha value is -1.41. The van der Waals surface area contributed by atoms with Gasteiger partial charge in [0.25, 0.3) is 0 Å². The monoisotopic (exact) mass is 316 g/mol. The number of amides is 1. The van der Waals surface area contributed by atoms with Gasteiger partial charge in [-0.15, -0.1) is 0 Å². The van der Waals surface area contributed by atoms with Crippen molar-refractivity contribution in [3.8, 4) is 0 Å². The molecule has 21 heavy (non-hydrogen) atoms. The van der Waals surface area contributed by atoms with Gasteiger partial charge in [0, 0.05) is 19.7 Å². The summed E-state index contributed by atoms with van der Waals surface area (Å²) in [7, 11) is -2.35. The highest BCUT2D eigenvalue weighted by molar-refractivity contribution is 7.89. The second-order valence-electron chi connectivity index (χ2n) is 6.68. The molecule has 0 bridgehead atoms. The van der Waals surface area contributed by atoms with Crippen molar-refractivity contribution in [2.24, 2.45) is 23.5 Å². The molecule has 1 unspecified atom stereocenters. The van der Waals surface area contributed by atoms with Crippen LogP contribution in [0.15, 0.2) is 11.1 Å². The maximum absolute atomic E-state index is 12.0. The molecule has 0 aliphatic carbocycles. The molecule has 0 saturated carbocycles. The van der Waals surface area contributed by atoms with Crippen LogP contribution in [0.2, 0.25) is 0 Å². The summed E-state index contributed by atoms with van der Waals surface area (Å²) in [5, 5.41) is 11.5. The van der Waals surface area contributed by atoms with E-state index in [1.54, 1.807) is 7.05 Å². The summed E-state index contributed by atoms with van der Waals surface area (Å²) in [5.74, 6) is -0.102. The van der Waals surface area contributed by atoms with E-state index in [4.69, 9.17) is 5.14 Å². The zero-order chi connectivity index (χ0) is 16.4. The van der Waals surface area contributed by atoms with E-state index in [1.165, 1.54) is 10.9 Å². The number of carbonyl (C=O) groups excluding carboxylic acids is 1. The third kappa shape index (κ3) is 5.84. The molecule has 1 aromatic heterocycles. The maximum Gasteiger partial charge on any atom is 0.243 e. The molecular weight excluding hydrogens is 292 g/mol. The summed E-state index contributed by atoms with van der Waals surface area (Å²) in [5.41, 5.74) is 0.135. The number of sulfonamides is 1. The van der Waals surface area contributed by atoms with Gasteiger partial charge in [-0.1, -0.05) is 27.7 Å². The van der Waals surface area contributed by atoms with Gasteiger partial charge < -0.3 is 5.32 Å². The third-order valence-electron chi connectivity index (χ3n) is 2.85. The molecule has 0 aliphatic rings. The summed E-state index contributed by atoms with van der Waals surface area (Å²) in [6.07, 6.45) is 2.46. The molecule has 0 aromatic carbocycles. The van der Waals surface area contributed by atoms with Crippen LogP contribution in [0.3, 0.4) is 0 Å². The predicted octanol–water partition coefficient (Wildman–Crippen LogP) is 1.47. The number of nitrogens with two attached hydrogens (primary N) is 1. The van der Waals surface area contributed by atoms with E-state index in [1.807, 2.05) is 6.92 Å². The summed E-state index contributed by atoms with van der Waals surface area (Å²) in [4.78, 5) is 11.8. The second-order valence-corrected chi connectivity index (χ2v) is 8.21. The minimum absolute atomic E-state index is 0.0204. The first kappa shape index (κ1) is 17.6. The van der Waals surface area contributed by atoms with E-state index in [-0.39, 0.29) is 28.0 Å². The van der Waals surface area contributed by atoms with Gasteiger partial charge in [0.1, 0.15) is 4.90 Å². The molecular formula is C13H24N4O3S. The Labute approximate surface area is 126 Å². The Morgan fingerprint density at radius 1 is 1.48 bits per heavy atom. The molecule has 1 rings (SSSR count). The molecule has 1 atom stereocenters. The number of anilines is 1. The van der Waals surface area contributed by atoms with Crippen molar-refractivity contribution < 1.29 is 13.2 Å². The van der Waals surface area contributed by atoms with Crippen LogP contribution in [0.4, 0.5) is 5.82 Å². The molecule has 0 spiro atoms. The van der Waals surface area contributed by atoms with Gasteiger partial charge in [-0.05, 0) is 17.8 Å². The largest absolute Gasteiger partial charge is 0.308 e. The Morgan fingerprint density at radius 3 is 2.52 bits per heavy atom. The van der Waals surface area contributed by atoms with Crippen molar-refractivity contribution in [2.75, 3.05) is 5.32 Å². The smallest absolute Gasteiger partial charge is 0.243 e. The second kappa shape index (κ2) is 6.15. The quantitative estimate of drug-likeness (QED) is 0.857. The molecule has 1 amide bonds. The molecule has 7 nitrogen and oxygen atoms in total. The Balaban J connectivity index is 2.77. The lowest BCUT2D eigenvalue weighted by Gasteiger charge is -2.22. The van der Waals surface area contributed by atoms with Gasteiger partial charge in [-0.3, -0.25) is 9.48 Å². The topological polar surface area (TPSA) is 107 Å². The average molecular weight is 316 g/mol. The lowest BCUT2D eigenvalue weighted by atomic mass is 9.84. The van der Waals surface area contributed by atoms with Gasteiger partial charge in [0.15, 0.2) is 5.82 Å². The zero-order valence-electron chi connectivity index (χ0n) is 13.2. The SMILES string of the molecule is CC(CC(=O)Nc1nn(C)cc1S(N)(=O)=O)CC(C)(C)C. The Morgan fingerprint density at radius 2 is 2.05 bits per heavy atom. The average Bonchev–Trinajstić information content (AvgIpc) is 2.54. The molecule has 3 N–H and O–H groups in total. The van der Waals surface area contributed by atoms with Gasteiger partial charge in [0.2, 0.25) is 15.9 Å². The molecule has 0 radical (unpaired) electrons. The Bertz CT molecular complexity index is 614. The fourth-order valence-corrected chi connectivity index (χ4v) is 3.04. The lowest BCUT2D eigenvalue weighted by Crippen LogP contribution is -2.21. The van der Waals surface area contributed by atoms with E-state index in [9.17, 15) is 13.2 Å². The van der Waals surface area contributed by atoms with Gasteiger partial charge >= 0.3 is 0 Å². The van der Waals surface area contributed by atoms with Crippen LogP contribution in [0, 0.1) is 11.3 Å². The van der Waals surface area contributed by atoms with E-state index in [2.05, 4.69) is 31.2 Å². The number of primary sulfonamides is 1. The minimum atomic E-state index is -3.91. The number of aryl methyl sites for hydroxylation is 1. The van der Waals surface area contributed by atoms with Crippen LogP contribution in [-0.4, -0.2) is 24.1 Å². The predicted molar refractivity (Wildman–Crippen MR) is 81.1 cm³/mol. The fourth-order valence-electron chi connectivity index (χ4n) is 2.38. The van der Waals surface area contributed by atoms with Gasteiger partial charge in [0.05, 0.1) is 0 Å². The standard InChI is InChI=1S/C13H24N4O3S/c1-9(7-13(2,3)4)6-11(18)15-12-10(21(14,19)20)8-17(5)16-12/h8-9H,6-7H2,1-5H3,(H2,14,19,20)(H,15,16,18). The summed E-state index contributed by atoms with van der Waals surface area (Å²) in [6.45, 7) is 8.32. The van der Waals surface area contributed by atoms with E-state index >= 15 is 0 Å². The van der Waals surface area contributed by atoms with Crippen LogP contribution in [0.5, 0.6) is 0 Å².